The first-order valence-corrected chi connectivity index (χ1v) is 8.91. The summed E-state index contributed by atoms with van der Waals surface area (Å²) in [6, 6.07) is 0. The molecule has 2 aliphatic rings. The maximum absolute atomic E-state index is 12.7. The monoisotopic (exact) mass is 295 g/mol. The van der Waals surface area contributed by atoms with E-state index in [9.17, 15) is 4.79 Å². The summed E-state index contributed by atoms with van der Waals surface area (Å²) in [5, 5.41) is 6.71. The van der Waals surface area contributed by atoms with Crippen molar-refractivity contribution in [2.24, 2.45) is 11.3 Å². The Morgan fingerprint density at radius 2 is 2.10 bits per heavy atom. The fourth-order valence-electron chi connectivity index (χ4n) is 3.90. The van der Waals surface area contributed by atoms with Gasteiger partial charge in [-0.3, -0.25) is 4.79 Å². The number of carbonyl (C=O) groups excluding carboxylic acids is 1. The average Bonchev–Trinajstić information content (AvgIpc) is 2.54. The van der Waals surface area contributed by atoms with Crippen molar-refractivity contribution in [3.63, 3.8) is 0 Å². The summed E-state index contributed by atoms with van der Waals surface area (Å²) in [5.74, 6) is 0.974. The highest BCUT2D eigenvalue weighted by Crippen LogP contribution is 2.32. The summed E-state index contributed by atoms with van der Waals surface area (Å²) in [4.78, 5) is 15.2. The van der Waals surface area contributed by atoms with Crippen LogP contribution in [-0.2, 0) is 4.79 Å². The molecular weight excluding hydrogens is 262 g/mol. The molecule has 0 aliphatic carbocycles. The third-order valence-corrected chi connectivity index (χ3v) is 5.39. The van der Waals surface area contributed by atoms with Gasteiger partial charge < -0.3 is 15.5 Å². The molecular formula is C17H33N3O. The van der Waals surface area contributed by atoms with Gasteiger partial charge in [0.15, 0.2) is 0 Å². The molecule has 2 fully saturated rings. The molecule has 0 aromatic carbocycles. The molecule has 2 saturated heterocycles. The van der Waals surface area contributed by atoms with Gasteiger partial charge in [0.1, 0.15) is 0 Å². The van der Waals surface area contributed by atoms with Crippen molar-refractivity contribution in [3.05, 3.63) is 0 Å². The second-order valence-electron chi connectivity index (χ2n) is 6.90. The van der Waals surface area contributed by atoms with E-state index in [-0.39, 0.29) is 5.41 Å². The maximum Gasteiger partial charge on any atom is 0.227 e. The summed E-state index contributed by atoms with van der Waals surface area (Å²) in [5.41, 5.74) is -0.142. The third-order valence-electron chi connectivity index (χ3n) is 5.39. The molecule has 21 heavy (non-hydrogen) atoms. The van der Waals surface area contributed by atoms with Gasteiger partial charge in [0.25, 0.3) is 0 Å². The number of nitrogens with one attached hydrogen (secondary N) is 2. The molecule has 1 atom stereocenters. The Bertz CT molecular complexity index is 312. The molecule has 0 spiro atoms. The van der Waals surface area contributed by atoms with E-state index in [4.69, 9.17) is 0 Å². The number of hydrogen-bond acceptors (Lipinski definition) is 3. The first-order chi connectivity index (χ1) is 10.2. The SMILES string of the molecule is CCCC1(C(=O)NCC2CCN(CC)CC2)CCCNC1. The maximum atomic E-state index is 12.7. The number of likely N-dealkylation sites (tertiary alicyclic amines) is 1. The first-order valence-electron chi connectivity index (χ1n) is 8.91. The summed E-state index contributed by atoms with van der Waals surface area (Å²) in [6.07, 6.45) is 6.74. The second-order valence-corrected chi connectivity index (χ2v) is 6.90. The first kappa shape index (κ1) is 16.8. The highest BCUT2D eigenvalue weighted by molar-refractivity contribution is 5.83. The molecule has 1 amide bonds. The molecule has 0 saturated carbocycles. The lowest BCUT2D eigenvalue weighted by Crippen LogP contribution is -2.51. The van der Waals surface area contributed by atoms with E-state index in [1.807, 2.05) is 0 Å². The third kappa shape index (κ3) is 4.43. The zero-order valence-electron chi connectivity index (χ0n) is 13.9. The second kappa shape index (κ2) is 8.14. The number of nitrogens with zero attached hydrogens (tertiary/aromatic N) is 1. The van der Waals surface area contributed by atoms with Gasteiger partial charge in [-0.1, -0.05) is 20.3 Å². The highest BCUT2D eigenvalue weighted by Gasteiger charge is 2.38. The van der Waals surface area contributed by atoms with E-state index in [1.165, 1.54) is 25.9 Å². The summed E-state index contributed by atoms with van der Waals surface area (Å²) < 4.78 is 0. The molecule has 0 aromatic heterocycles. The van der Waals surface area contributed by atoms with Crippen LogP contribution in [0.4, 0.5) is 0 Å². The number of piperidine rings is 2. The molecule has 1 unspecified atom stereocenters. The molecule has 0 radical (unpaired) electrons. The Morgan fingerprint density at radius 1 is 1.33 bits per heavy atom. The van der Waals surface area contributed by atoms with Crippen molar-refractivity contribution >= 4 is 5.91 Å². The summed E-state index contributed by atoms with van der Waals surface area (Å²) in [6.45, 7) is 10.8. The van der Waals surface area contributed by atoms with Crippen LogP contribution in [0.2, 0.25) is 0 Å². The van der Waals surface area contributed by atoms with Gasteiger partial charge in [-0.25, -0.2) is 0 Å². The van der Waals surface area contributed by atoms with Crippen LogP contribution in [0.5, 0.6) is 0 Å². The molecule has 0 bridgehead atoms. The van der Waals surface area contributed by atoms with Crippen LogP contribution in [0, 0.1) is 11.3 Å². The van der Waals surface area contributed by atoms with Crippen molar-refractivity contribution in [1.82, 2.24) is 15.5 Å². The van der Waals surface area contributed by atoms with Crippen molar-refractivity contribution in [1.29, 1.82) is 0 Å². The van der Waals surface area contributed by atoms with Gasteiger partial charge in [-0.15, -0.1) is 0 Å². The normalized spacial score (nSPS) is 28.5. The molecule has 4 heteroatoms. The van der Waals surface area contributed by atoms with Crippen molar-refractivity contribution in [2.75, 3.05) is 39.3 Å². The van der Waals surface area contributed by atoms with Gasteiger partial charge in [0.05, 0.1) is 5.41 Å². The van der Waals surface area contributed by atoms with Crippen molar-refractivity contribution < 1.29 is 4.79 Å². The van der Waals surface area contributed by atoms with Crippen LogP contribution in [-0.4, -0.2) is 50.1 Å². The minimum absolute atomic E-state index is 0.142. The Morgan fingerprint density at radius 3 is 2.67 bits per heavy atom. The lowest BCUT2D eigenvalue weighted by Gasteiger charge is -2.37. The molecule has 4 nitrogen and oxygen atoms in total. The molecule has 2 heterocycles. The smallest absolute Gasteiger partial charge is 0.227 e. The van der Waals surface area contributed by atoms with E-state index in [0.717, 1.165) is 51.9 Å². The van der Waals surface area contributed by atoms with Crippen LogP contribution in [0.25, 0.3) is 0 Å². The van der Waals surface area contributed by atoms with Crippen LogP contribution in [0.1, 0.15) is 52.4 Å². The minimum Gasteiger partial charge on any atom is -0.355 e. The van der Waals surface area contributed by atoms with Crippen LogP contribution < -0.4 is 10.6 Å². The van der Waals surface area contributed by atoms with E-state index < -0.39 is 0 Å². The Labute approximate surface area is 130 Å². The van der Waals surface area contributed by atoms with E-state index in [0.29, 0.717) is 11.8 Å². The average molecular weight is 295 g/mol. The summed E-state index contributed by atoms with van der Waals surface area (Å²) >= 11 is 0. The Balaban J connectivity index is 1.79. The predicted octanol–water partition coefficient (Wildman–Crippen LogP) is 2.00. The van der Waals surface area contributed by atoms with Crippen molar-refractivity contribution in [3.8, 4) is 0 Å². The fourth-order valence-corrected chi connectivity index (χ4v) is 3.90. The molecule has 122 valence electrons. The Hall–Kier alpha value is -0.610. The summed E-state index contributed by atoms with van der Waals surface area (Å²) in [7, 11) is 0. The van der Waals surface area contributed by atoms with Crippen LogP contribution in [0.15, 0.2) is 0 Å². The number of amides is 1. The fraction of sp³-hybridized carbons (Fsp3) is 0.941. The van der Waals surface area contributed by atoms with Gasteiger partial charge in [0.2, 0.25) is 5.91 Å². The van der Waals surface area contributed by atoms with E-state index >= 15 is 0 Å². The number of hydrogen-bond donors (Lipinski definition) is 2. The van der Waals surface area contributed by atoms with Gasteiger partial charge in [-0.2, -0.15) is 0 Å². The highest BCUT2D eigenvalue weighted by atomic mass is 16.2. The van der Waals surface area contributed by atoms with E-state index in [1.54, 1.807) is 0 Å². The van der Waals surface area contributed by atoms with Crippen LogP contribution in [0.3, 0.4) is 0 Å². The largest absolute Gasteiger partial charge is 0.355 e. The quantitative estimate of drug-likeness (QED) is 0.788. The van der Waals surface area contributed by atoms with E-state index in [2.05, 4.69) is 29.4 Å². The number of rotatable bonds is 6. The number of carbonyl (C=O) groups is 1. The van der Waals surface area contributed by atoms with Crippen LogP contribution >= 0.6 is 0 Å². The topological polar surface area (TPSA) is 44.4 Å². The standard InChI is InChI=1S/C17H33N3O/c1-3-8-17(9-5-10-18-14-17)16(21)19-13-15-6-11-20(4-2)12-7-15/h15,18H,3-14H2,1-2H3,(H,19,21). The zero-order valence-corrected chi connectivity index (χ0v) is 13.9. The predicted molar refractivity (Wildman–Crippen MR) is 87.3 cm³/mol. The lowest BCUT2D eigenvalue weighted by molar-refractivity contribution is -0.132. The van der Waals surface area contributed by atoms with Crippen molar-refractivity contribution in [2.45, 2.75) is 52.4 Å². The minimum atomic E-state index is -0.142. The van der Waals surface area contributed by atoms with Gasteiger partial charge in [-0.05, 0) is 64.2 Å². The molecule has 2 rings (SSSR count). The molecule has 0 aromatic rings. The Kier molecular flexibility index (Phi) is 6.49. The van der Waals surface area contributed by atoms with Gasteiger partial charge >= 0.3 is 0 Å². The molecule has 2 aliphatic heterocycles. The lowest BCUT2D eigenvalue weighted by atomic mass is 9.76. The molecule has 2 N–H and O–H groups in total. The zero-order chi connectivity index (χ0) is 15.1. The van der Waals surface area contributed by atoms with Gasteiger partial charge in [0, 0.05) is 13.1 Å².